The first kappa shape index (κ1) is 16.0. The number of hydrogen-bond donors (Lipinski definition) is 1. The Bertz CT molecular complexity index is 310. The third-order valence-corrected chi connectivity index (χ3v) is 3.75. The highest BCUT2D eigenvalue weighted by atomic mass is 16.2. The summed E-state index contributed by atoms with van der Waals surface area (Å²) < 4.78 is 0. The highest BCUT2D eigenvalue weighted by molar-refractivity contribution is 5.85. The molecule has 110 valence electrons. The fraction of sp³-hybridized carbons (Fsp3) is 0.857. The van der Waals surface area contributed by atoms with E-state index in [1.165, 1.54) is 4.90 Å². The Morgan fingerprint density at radius 2 is 1.74 bits per heavy atom. The molecule has 0 unspecified atom stereocenters. The predicted octanol–water partition coefficient (Wildman–Crippen LogP) is 0.831. The fourth-order valence-corrected chi connectivity index (χ4v) is 2.47. The SMILES string of the molecule is CCCN(CC(=O)N(C)C)C(=O)C1CCC(N)CC1. The first-order chi connectivity index (χ1) is 8.95. The highest BCUT2D eigenvalue weighted by Crippen LogP contribution is 2.25. The standard InChI is InChI=1S/C14H27N3O2/c1-4-9-17(10-13(18)16(2)3)14(19)11-5-7-12(15)8-6-11/h11-12H,4-10,15H2,1-3H3. The second-order valence-electron chi connectivity index (χ2n) is 5.66. The van der Waals surface area contributed by atoms with Gasteiger partial charge in [0.1, 0.15) is 0 Å². The molecular formula is C14H27N3O2. The Kier molecular flexibility index (Phi) is 6.28. The summed E-state index contributed by atoms with van der Waals surface area (Å²) in [6, 6.07) is 0.243. The van der Waals surface area contributed by atoms with Crippen molar-refractivity contribution in [2.24, 2.45) is 11.7 Å². The second-order valence-corrected chi connectivity index (χ2v) is 5.66. The lowest BCUT2D eigenvalue weighted by Gasteiger charge is -2.31. The second kappa shape index (κ2) is 7.48. The van der Waals surface area contributed by atoms with Gasteiger partial charge in [0.25, 0.3) is 0 Å². The van der Waals surface area contributed by atoms with E-state index in [2.05, 4.69) is 0 Å². The van der Waals surface area contributed by atoms with Gasteiger partial charge in [-0.2, -0.15) is 0 Å². The maximum Gasteiger partial charge on any atom is 0.241 e. The highest BCUT2D eigenvalue weighted by Gasteiger charge is 2.29. The number of likely N-dealkylation sites (N-methyl/N-ethyl adjacent to an activating group) is 1. The van der Waals surface area contributed by atoms with Crippen LogP contribution in [0.1, 0.15) is 39.0 Å². The van der Waals surface area contributed by atoms with E-state index in [0.29, 0.717) is 6.54 Å². The van der Waals surface area contributed by atoms with Crippen LogP contribution in [0.25, 0.3) is 0 Å². The molecule has 5 nitrogen and oxygen atoms in total. The van der Waals surface area contributed by atoms with Crippen LogP contribution in [-0.2, 0) is 9.59 Å². The number of nitrogens with two attached hydrogens (primary N) is 1. The van der Waals surface area contributed by atoms with Gasteiger partial charge in [-0.05, 0) is 32.1 Å². The summed E-state index contributed by atoms with van der Waals surface area (Å²) >= 11 is 0. The summed E-state index contributed by atoms with van der Waals surface area (Å²) in [5.41, 5.74) is 5.87. The summed E-state index contributed by atoms with van der Waals surface area (Å²) in [7, 11) is 3.44. The number of carbonyl (C=O) groups is 2. The van der Waals surface area contributed by atoms with E-state index in [-0.39, 0.29) is 30.3 Å². The molecule has 0 aliphatic heterocycles. The smallest absolute Gasteiger partial charge is 0.241 e. The maximum atomic E-state index is 12.5. The molecular weight excluding hydrogens is 242 g/mol. The zero-order chi connectivity index (χ0) is 14.4. The normalized spacial score (nSPS) is 22.9. The van der Waals surface area contributed by atoms with E-state index in [9.17, 15) is 9.59 Å². The monoisotopic (exact) mass is 269 g/mol. The van der Waals surface area contributed by atoms with Gasteiger partial charge in [0.15, 0.2) is 0 Å². The van der Waals surface area contributed by atoms with Crippen LogP contribution in [-0.4, -0.2) is 54.8 Å². The first-order valence-corrected chi connectivity index (χ1v) is 7.20. The minimum atomic E-state index is -0.0192. The van der Waals surface area contributed by atoms with Crippen molar-refractivity contribution in [3.63, 3.8) is 0 Å². The van der Waals surface area contributed by atoms with Crippen molar-refractivity contribution in [2.75, 3.05) is 27.2 Å². The number of hydrogen-bond acceptors (Lipinski definition) is 3. The van der Waals surface area contributed by atoms with E-state index in [0.717, 1.165) is 32.1 Å². The fourth-order valence-electron chi connectivity index (χ4n) is 2.47. The third-order valence-electron chi connectivity index (χ3n) is 3.75. The molecule has 0 aromatic carbocycles. The lowest BCUT2D eigenvalue weighted by Crippen LogP contribution is -2.44. The molecule has 5 heteroatoms. The lowest BCUT2D eigenvalue weighted by atomic mass is 9.85. The number of rotatable bonds is 5. The minimum absolute atomic E-state index is 0.0192. The largest absolute Gasteiger partial charge is 0.347 e. The molecule has 0 radical (unpaired) electrons. The van der Waals surface area contributed by atoms with Crippen LogP contribution in [0.3, 0.4) is 0 Å². The predicted molar refractivity (Wildman–Crippen MR) is 75.5 cm³/mol. The van der Waals surface area contributed by atoms with Crippen molar-refractivity contribution in [3.05, 3.63) is 0 Å². The van der Waals surface area contributed by atoms with E-state index >= 15 is 0 Å². The third kappa shape index (κ3) is 4.82. The molecule has 0 aromatic heterocycles. The molecule has 0 saturated heterocycles. The molecule has 1 aliphatic carbocycles. The number of nitrogens with zero attached hydrogens (tertiary/aromatic N) is 2. The number of amides is 2. The van der Waals surface area contributed by atoms with Crippen LogP contribution in [0.5, 0.6) is 0 Å². The average molecular weight is 269 g/mol. The van der Waals surface area contributed by atoms with Crippen molar-refractivity contribution in [3.8, 4) is 0 Å². The van der Waals surface area contributed by atoms with Crippen LogP contribution in [0.4, 0.5) is 0 Å². The molecule has 0 spiro atoms. The molecule has 1 aliphatic rings. The van der Waals surface area contributed by atoms with Crippen molar-refractivity contribution in [2.45, 2.75) is 45.1 Å². The Balaban J connectivity index is 2.59. The maximum absolute atomic E-state index is 12.5. The molecule has 1 saturated carbocycles. The molecule has 2 amide bonds. The van der Waals surface area contributed by atoms with Gasteiger partial charge in [-0.15, -0.1) is 0 Å². The van der Waals surface area contributed by atoms with Gasteiger partial charge in [-0.3, -0.25) is 9.59 Å². The van der Waals surface area contributed by atoms with Gasteiger partial charge in [0.05, 0.1) is 6.54 Å². The van der Waals surface area contributed by atoms with E-state index in [1.807, 2.05) is 6.92 Å². The van der Waals surface area contributed by atoms with Gasteiger partial charge in [0, 0.05) is 32.6 Å². The Hall–Kier alpha value is -1.10. The Labute approximate surface area is 116 Å². The van der Waals surface area contributed by atoms with Crippen LogP contribution in [0.15, 0.2) is 0 Å². The zero-order valence-corrected chi connectivity index (χ0v) is 12.4. The van der Waals surface area contributed by atoms with Crippen LogP contribution in [0, 0.1) is 5.92 Å². The van der Waals surface area contributed by atoms with Crippen LogP contribution < -0.4 is 5.73 Å². The number of carbonyl (C=O) groups excluding carboxylic acids is 2. The van der Waals surface area contributed by atoms with Gasteiger partial charge in [-0.1, -0.05) is 6.92 Å². The van der Waals surface area contributed by atoms with Crippen molar-refractivity contribution in [1.29, 1.82) is 0 Å². The summed E-state index contributed by atoms with van der Waals surface area (Å²) in [6.45, 7) is 2.88. The van der Waals surface area contributed by atoms with Gasteiger partial charge in [0.2, 0.25) is 11.8 Å². The molecule has 1 rings (SSSR count). The van der Waals surface area contributed by atoms with Gasteiger partial charge >= 0.3 is 0 Å². The summed E-state index contributed by atoms with van der Waals surface area (Å²) in [6.07, 6.45) is 4.42. The van der Waals surface area contributed by atoms with Crippen molar-refractivity contribution >= 4 is 11.8 Å². The van der Waals surface area contributed by atoms with Crippen LogP contribution >= 0.6 is 0 Å². The topological polar surface area (TPSA) is 66.6 Å². The Morgan fingerprint density at radius 1 is 1.16 bits per heavy atom. The van der Waals surface area contributed by atoms with E-state index in [4.69, 9.17) is 5.73 Å². The van der Waals surface area contributed by atoms with Crippen LogP contribution in [0.2, 0.25) is 0 Å². The first-order valence-electron chi connectivity index (χ1n) is 7.20. The molecule has 2 N–H and O–H groups in total. The molecule has 0 aromatic rings. The molecule has 1 fully saturated rings. The zero-order valence-electron chi connectivity index (χ0n) is 12.4. The van der Waals surface area contributed by atoms with Gasteiger partial charge < -0.3 is 15.5 Å². The van der Waals surface area contributed by atoms with Crippen molar-refractivity contribution in [1.82, 2.24) is 9.80 Å². The molecule has 0 bridgehead atoms. The Morgan fingerprint density at radius 3 is 2.21 bits per heavy atom. The minimum Gasteiger partial charge on any atom is -0.347 e. The quantitative estimate of drug-likeness (QED) is 0.804. The molecule has 19 heavy (non-hydrogen) atoms. The summed E-state index contributed by atoms with van der Waals surface area (Å²) in [5, 5.41) is 0. The lowest BCUT2D eigenvalue weighted by molar-refractivity contribution is -0.142. The molecule has 0 atom stereocenters. The van der Waals surface area contributed by atoms with E-state index < -0.39 is 0 Å². The summed E-state index contributed by atoms with van der Waals surface area (Å²) in [5.74, 6) is 0.166. The average Bonchev–Trinajstić information content (AvgIpc) is 2.38. The van der Waals surface area contributed by atoms with Gasteiger partial charge in [-0.25, -0.2) is 0 Å². The van der Waals surface area contributed by atoms with E-state index in [1.54, 1.807) is 19.0 Å². The molecule has 0 heterocycles. The van der Waals surface area contributed by atoms with Crippen molar-refractivity contribution < 1.29 is 9.59 Å². The summed E-state index contributed by atoms with van der Waals surface area (Å²) in [4.78, 5) is 27.5.